The summed E-state index contributed by atoms with van der Waals surface area (Å²) in [5.74, 6) is -5.50. The van der Waals surface area contributed by atoms with Crippen LogP contribution in [0.25, 0.3) is 32.6 Å². The number of piperidine rings is 1. The summed E-state index contributed by atoms with van der Waals surface area (Å²) >= 11 is 1.49. The fourth-order valence-corrected chi connectivity index (χ4v) is 14.7. The highest BCUT2D eigenvalue weighted by Gasteiger charge is 2.45. The number of rotatable bonds is 25. The normalized spacial score (nSPS) is 19.2. The molecule has 4 saturated heterocycles. The number of thiazole rings is 1. The van der Waals surface area contributed by atoms with Gasteiger partial charge < -0.3 is 44.9 Å². The number of nitrogens with zero attached hydrogens (tertiary/aromatic N) is 8. The number of benzene rings is 3. The first-order valence-corrected chi connectivity index (χ1v) is 34.3. The Morgan fingerprint density at radius 1 is 0.863 bits per heavy atom. The van der Waals surface area contributed by atoms with E-state index in [-0.39, 0.29) is 69.3 Å². The summed E-state index contributed by atoms with van der Waals surface area (Å²) < 4.78 is 84.3. The third kappa shape index (κ3) is 17.0. The van der Waals surface area contributed by atoms with Crippen molar-refractivity contribution in [2.45, 2.75) is 96.6 Å². The average Bonchev–Trinajstić information content (AvgIpc) is 1.75. The molecule has 4 aliphatic rings. The third-order valence-electron chi connectivity index (χ3n) is 18.2. The van der Waals surface area contributed by atoms with E-state index in [1.807, 2.05) is 80.9 Å². The first-order valence-electron chi connectivity index (χ1n) is 32.0. The highest BCUT2D eigenvalue weighted by atomic mass is 32.2. The quantitative estimate of drug-likeness (QED) is 0.0303. The maximum Gasteiger partial charge on any atom is 0.306 e. The average molecular weight is 1350 g/mol. The maximum absolute atomic E-state index is 15.9. The molecule has 10 rings (SSSR count). The number of aryl methyl sites for hydroxylation is 1. The molecule has 7 heterocycles. The monoisotopic (exact) mass is 1350 g/mol. The van der Waals surface area contributed by atoms with E-state index >= 15 is 8.78 Å². The van der Waals surface area contributed by atoms with E-state index in [0.717, 1.165) is 89.4 Å². The van der Waals surface area contributed by atoms with Gasteiger partial charge in [-0.2, -0.15) is 12.7 Å². The summed E-state index contributed by atoms with van der Waals surface area (Å²) in [6.07, 6.45) is 1.97. The number of aliphatic hydroxyl groups excluding tert-OH is 1. The fraction of sp³-hybridized carbons (Fsp3) is 0.493. The van der Waals surface area contributed by atoms with Crippen LogP contribution in [0.2, 0.25) is 0 Å². The number of H-pyrrole nitrogens is 1. The molecule has 0 aliphatic carbocycles. The summed E-state index contributed by atoms with van der Waals surface area (Å²) in [6, 6.07) is 15.7. The Kier molecular flexibility index (Phi) is 22.4. The van der Waals surface area contributed by atoms with Crippen molar-refractivity contribution in [2.24, 2.45) is 11.3 Å². The molecule has 23 nitrogen and oxygen atoms in total. The molecular formula is C67H83F3N12O11S2. The Hall–Kier alpha value is -7.86. The summed E-state index contributed by atoms with van der Waals surface area (Å²) in [5.41, 5.74) is 4.44. The number of fused-ring (bicyclic) bond motifs is 1. The molecule has 5 N–H and O–H groups in total. The van der Waals surface area contributed by atoms with Gasteiger partial charge in [0.25, 0.3) is 0 Å². The minimum Gasteiger partial charge on any atom is -0.463 e. The number of aliphatic hydroxyl groups is 1. The highest BCUT2D eigenvalue weighted by molar-refractivity contribution is 7.90. The van der Waals surface area contributed by atoms with Crippen molar-refractivity contribution in [3.63, 3.8) is 0 Å². The molecule has 4 aliphatic heterocycles. The zero-order chi connectivity index (χ0) is 67.9. The number of aromatic nitrogens is 3. The predicted octanol–water partition coefficient (Wildman–Crippen LogP) is 6.48. The fourth-order valence-electron chi connectivity index (χ4n) is 12.6. The summed E-state index contributed by atoms with van der Waals surface area (Å²) in [5, 5.41) is 17.3. The molecule has 3 aromatic heterocycles. The number of amides is 4. The number of likely N-dealkylation sites (tertiary alicyclic amines) is 2. The number of aromatic amines is 1. The van der Waals surface area contributed by atoms with Crippen molar-refractivity contribution in [3.05, 3.63) is 119 Å². The van der Waals surface area contributed by atoms with E-state index in [0.29, 0.717) is 54.3 Å². The minimum atomic E-state index is -4.39. The number of likely N-dealkylation sites (N-methyl/N-ethyl adjacent to an activating group) is 1. The van der Waals surface area contributed by atoms with Gasteiger partial charge in [0.15, 0.2) is 5.82 Å². The van der Waals surface area contributed by atoms with Gasteiger partial charge in [0.1, 0.15) is 36.3 Å². The Bertz CT molecular complexity index is 3860. The van der Waals surface area contributed by atoms with E-state index in [1.165, 1.54) is 34.4 Å². The minimum absolute atomic E-state index is 0.0147. The Morgan fingerprint density at radius 2 is 1.58 bits per heavy atom. The molecule has 6 aromatic rings. The number of carbonyl (C=O) groups is 6. The van der Waals surface area contributed by atoms with Crippen LogP contribution < -0.4 is 20.3 Å². The van der Waals surface area contributed by atoms with Crippen LogP contribution in [0.5, 0.6) is 0 Å². The van der Waals surface area contributed by atoms with Crippen LogP contribution in [0, 0.1) is 29.9 Å². The molecule has 0 unspecified atom stereocenters. The molecule has 5 atom stereocenters. The van der Waals surface area contributed by atoms with Crippen LogP contribution in [-0.2, 0) is 43.7 Å². The third-order valence-corrected chi connectivity index (χ3v) is 20.7. The van der Waals surface area contributed by atoms with Gasteiger partial charge in [-0.1, -0.05) is 57.2 Å². The zero-order valence-electron chi connectivity index (χ0n) is 54.2. The molecule has 0 radical (unpaired) electrons. The number of hydrogen-bond donors (Lipinski definition) is 5. The second kappa shape index (κ2) is 30.5. The van der Waals surface area contributed by atoms with E-state index in [4.69, 9.17) is 9.47 Å². The van der Waals surface area contributed by atoms with Gasteiger partial charge in [-0.05, 0) is 97.6 Å². The number of nitrogens with one attached hydrogen (secondary N) is 4. The van der Waals surface area contributed by atoms with E-state index in [9.17, 15) is 46.7 Å². The van der Waals surface area contributed by atoms with E-state index in [2.05, 4.69) is 40.3 Å². The number of methoxy groups -OCH3 is 1. The van der Waals surface area contributed by atoms with Crippen LogP contribution in [-0.4, -0.2) is 218 Å². The number of pyridine rings is 1. The largest absolute Gasteiger partial charge is 0.463 e. The molecule has 4 fully saturated rings. The van der Waals surface area contributed by atoms with Crippen LogP contribution in [0.3, 0.4) is 0 Å². The Balaban J connectivity index is 0.693. The van der Waals surface area contributed by atoms with Gasteiger partial charge >= 0.3 is 16.2 Å². The highest BCUT2D eigenvalue weighted by Crippen LogP contribution is 2.34. The number of anilines is 2. The summed E-state index contributed by atoms with van der Waals surface area (Å²) in [4.78, 5) is 105. The van der Waals surface area contributed by atoms with Crippen LogP contribution in [0.4, 0.5) is 24.5 Å². The van der Waals surface area contributed by atoms with Crippen molar-refractivity contribution < 1.29 is 64.9 Å². The number of carbonyl (C=O) groups excluding carboxylic acids is 6. The lowest BCUT2D eigenvalue weighted by Crippen LogP contribution is -2.59. The van der Waals surface area contributed by atoms with Gasteiger partial charge in [-0.3, -0.25) is 43.3 Å². The molecule has 3 aromatic carbocycles. The molecule has 28 heteroatoms. The number of piperazine rings is 1. The maximum atomic E-state index is 15.9. The number of β-amino-alcohol motifs (C(OH)–C–C–N with tert-alkyl or cyclic N) is 1. The zero-order valence-corrected chi connectivity index (χ0v) is 55.9. The first-order chi connectivity index (χ1) is 45.3. The van der Waals surface area contributed by atoms with Gasteiger partial charge in [0.2, 0.25) is 29.4 Å². The van der Waals surface area contributed by atoms with Crippen molar-refractivity contribution >= 4 is 79.3 Å². The molecule has 0 saturated carbocycles. The van der Waals surface area contributed by atoms with Crippen molar-refractivity contribution in [3.8, 4) is 21.6 Å². The Morgan fingerprint density at radius 3 is 2.24 bits per heavy atom. The summed E-state index contributed by atoms with van der Waals surface area (Å²) in [7, 11) is -1.23. The molecule has 510 valence electrons. The molecule has 0 spiro atoms. The molecular weight excluding hydrogens is 1270 g/mol. The standard InChI is InChI=1S/C67H83F3N12O11S2/c1-41-62(94-40-73-41)45-9-7-44(8-10-45)54(39-93-58(86)18-17-57(85)77(5)29-30-92-6)74-65(88)55-32-49(83)37-82(55)66(89)63(67(2,3)4)75-56(84)38-78-22-19-42(20-23-78)35-79-25-27-80(28-26-79)48-13-11-43(12-14-48)46-31-50-51(34-72-64(50)71-33-46)61(87)59-52(69)15-16-53(60(59)70)76-95(90,91)81-24-21-47(68)36-81/h7-16,31,33-34,40,42,47,49,54-55,63,76,83H,17-30,32,35-39H2,1-6H3,(H,71,72)(H,74,88)(H,75,84)/t47-,49-,54+,55+,63-/m1/s1. The number of hydrogen-bond acceptors (Lipinski definition) is 17. The van der Waals surface area contributed by atoms with Gasteiger partial charge in [0.05, 0.1) is 59.1 Å². The number of halogens is 3. The lowest BCUT2D eigenvalue weighted by molar-refractivity contribution is -0.147. The van der Waals surface area contributed by atoms with Crippen LogP contribution in [0.15, 0.2) is 84.6 Å². The van der Waals surface area contributed by atoms with E-state index in [1.54, 1.807) is 24.8 Å². The lowest BCUT2D eigenvalue weighted by atomic mass is 9.85. The SMILES string of the molecule is COCCN(C)C(=O)CCC(=O)OC[C@H](NC(=O)[C@@H]1C[C@@H](O)CN1C(=O)[C@@H](NC(=O)CN1CCC(CN2CCN(c3ccc(-c4cnc5[nH]cc(C(=O)c6c(F)ccc(NS(=O)(=O)N7CC[C@@H](F)C7)c6F)c5c4)cc3)CC2)CC1)C(C)(C)C)c1ccc(-c2scnc2C)cc1. The van der Waals surface area contributed by atoms with Crippen LogP contribution >= 0.6 is 11.3 Å². The lowest BCUT2D eigenvalue weighted by Gasteiger charge is -2.40. The first kappa shape index (κ1) is 70.0. The summed E-state index contributed by atoms with van der Waals surface area (Å²) in [6.45, 7) is 12.9. The molecule has 95 heavy (non-hydrogen) atoms. The molecule has 0 bridgehead atoms. The second-order valence-corrected chi connectivity index (χ2v) is 28.6. The second-order valence-electron chi connectivity index (χ2n) is 26.0. The number of alkyl halides is 1. The number of ether oxygens (including phenoxy) is 2. The van der Waals surface area contributed by atoms with E-state index < -0.39 is 99.0 Å². The smallest absolute Gasteiger partial charge is 0.306 e. The van der Waals surface area contributed by atoms with Crippen molar-refractivity contribution in [1.82, 2.24) is 49.5 Å². The molecule has 4 amide bonds. The van der Waals surface area contributed by atoms with Crippen molar-refractivity contribution in [1.29, 1.82) is 0 Å². The number of esters is 1. The predicted molar refractivity (Wildman–Crippen MR) is 353 cm³/mol. The number of ketones is 1. The van der Waals surface area contributed by atoms with Gasteiger partial charge in [-0.25, -0.2) is 23.1 Å². The van der Waals surface area contributed by atoms with Crippen LogP contribution in [0.1, 0.15) is 92.5 Å². The van der Waals surface area contributed by atoms with Gasteiger partial charge in [-0.15, -0.1) is 11.3 Å². The topological polar surface area (TPSA) is 272 Å². The van der Waals surface area contributed by atoms with Crippen molar-refractivity contribution in [2.75, 3.05) is 116 Å². The Labute approximate surface area is 554 Å². The van der Waals surface area contributed by atoms with Gasteiger partial charge in [0, 0.05) is 120 Å².